The average molecular weight is 324 g/mol. The minimum absolute atomic E-state index is 0.149. The molecule has 0 bridgehead atoms. The maximum absolute atomic E-state index is 12.5. The van der Waals surface area contributed by atoms with E-state index in [1.165, 1.54) is 0 Å². The van der Waals surface area contributed by atoms with Crippen molar-refractivity contribution in [3.8, 4) is 0 Å². The van der Waals surface area contributed by atoms with E-state index >= 15 is 0 Å². The van der Waals surface area contributed by atoms with Crippen LogP contribution in [0.3, 0.4) is 0 Å². The molecule has 0 unspecified atom stereocenters. The maximum Gasteiger partial charge on any atom is 0.322 e. The van der Waals surface area contributed by atoms with Gasteiger partial charge in [-0.1, -0.05) is 25.4 Å². The molecule has 0 saturated carbocycles. The molecule has 120 valence electrons. The van der Waals surface area contributed by atoms with E-state index < -0.39 is 0 Å². The van der Waals surface area contributed by atoms with Gasteiger partial charge in [0.25, 0.3) is 5.91 Å². The Morgan fingerprint density at radius 1 is 1.41 bits per heavy atom. The number of benzene rings is 1. The number of urea groups is 1. The van der Waals surface area contributed by atoms with E-state index in [9.17, 15) is 9.59 Å². The second-order valence-corrected chi connectivity index (χ2v) is 6.18. The van der Waals surface area contributed by atoms with Crippen LogP contribution < -0.4 is 15.5 Å². The second-order valence-electron chi connectivity index (χ2n) is 5.77. The maximum atomic E-state index is 12.5. The van der Waals surface area contributed by atoms with Crippen molar-refractivity contribution in [2.75, 3.05) is 18.0 Å². The monoisotopic (exact) mass is 323 g/mol. The zero-order valence-corrected chi connectivity index (χ0v) is 14.0. The first kappa shape index (κ1) is 16.6. The van der Waals surface area contributed by atoms with Crippen molar-refractivity contribution < 1.29 is 9.59 Å². The van der Waals surface area contributed by atoms with Crippen LogP contribution in [0.2, 0.25) is 5.02 Å². The summed E-state index contributed by atoms with van der Waals surface area (Å²) in [6, 6.07) is 4.83. The lowest BCUT2D eigenvalue weighted by Gasteiger charge is -2.28. The summed E-state index contributed by atoms with van der Waals surface area (Å²) in [6.07, 6.45) is 1.70. The van der Waals surface area contributed by atoms with Gasteiger partial charge in [-0.15, -0.1) is 0 Å². The Bertz CT molecular complexity index is 585. The van der Waals surface area contributed by atoms with E-state index in [4.69, 9.17) is 11.6 Å². The molecule has 1 fully saturated rings. The predicted molar refractivity (Wildman–Crippen MR) is 88.6 cm³/mol. The van der Waals surface area contributed by atoms with Gasteiger partial charge in [-0.3, -0.25) is 9.69 Å². The van der Waals surface area contributed by atoms with Gasteiger partial charge < -0.3 is 10.6 Å². The summed E-state index contributed by atoms with van der Waals surface area (Å²) in [5, 5.41) is 6.25. The molecular weight excluding hydrogens is 302 g/mol. The van der Waals surface area contributed by atoms with E-state index in [2.05, 4.69) is 10.6 Å². The van der Waals surface area contributed by atoms with E-state index in [1.54, 1.807) is 23.1 Å². The minimum Gasteiger partial charge on any atom is -0.347 e. The highest BCUT2D eigenvalue weighted by atomic mass is 35.5. The normalized spacial score (nSPS) is 14.9. The van der Waals surface area contributed by atoms with Crippen LogP contribution in [0.4, 0.5) is 10.5 Å². The summed E-state index contributed by atoms with van der Waals surface area (Å²) in [5.74, 6) is -0.149. The lowest BCUT2D eigenvalue weighted by Crippen LogP contribution is -2.45. The number of anilines is 1. The fourth-order valence-electron chi connectivity index (χ4n) is 2.34. The molecule has 1 saturated heterocycles. The van der Waals surface area contributed by atoms with Crippen molar-refractivity contribution in [1.29, 1.82) is 0 Å². The van der Waals surface area contributed by atoms with Crippen molar-refractivity contribution in [3.63, 3.8) is 0 Å². The number of amides is 3. The lowest BCUT2D eigenvalue weighted by atomic mass is 9.95. The Balaban J connectivity index is 2.25. The van der Waals surface area contributed by atoms with Crippen molar-refractivity contribution in [2.45, 2.75) is 39.2 Å². The summed E-state index contributed by atoms with van der Waals surface area (Å²) in [5.41, 5.74) is 0.841. The number of hydrogen-bond acceptors (Lipinski definition) is 2. The van der Waals surface area contributed by atoms with Crippen LogP contribution in [0.5, 0.6) is 0 Å². The standard InChI is InChI=1S/C16H22ClN3O2/c1-4-16(3,5-2)19-14(21)11-6-7-12(17)13(10-11)20-9-8-18-15(20)22/h6-7,10H,4-5,8-9H2,1-3H3,(H,18,22)(H,19,21). The van der Waals surface area contributed by atoms with Crippen LogP contribution >= 0.6 is 11.6 Å². The molecule has 3 amide bonds. The Morgan fingerprint density at radius 2 is 2.09 bits per heavy atom. The molecule has 1 aromatic rings. The Hall–Kier alpha value is -1.75. The van der Waals surface area contributed by atoms with Gasteiger partial charge >= 0.3 is 6.03 Å². The van der Waals surface area contributed by atoms with Crippen molar-refractivity contribution in [3.05, 3.63) is 28.8 Å². The number of nitrogens with one attached hydrogen (secondary N) is 2. The summed E-state index contributed by atoms with van der Waals surface area (Å²) in [4.78, 5) is 25.8. The third kappa shape index (κ3) is 3.35. The summed E-state index contributed by atoms with van der Waals surface area (Å²) in [7, 11) is 0. The van der Waals surface area contributed by atoms with E-state index in [1.807, 2.05) is 20.8 Å². The Morgan fingerprint density at radius 3 is 2.64 bits per heavy atom. The first-order valence-corrected chi connectivity index (χ1v) is 7.95. The Labute approximate surface area is 136 Å². The average Bonchev–Trinajstić information content (AvgIpc) is 2.93. The molecule has 0 aromatic heterocycles. The number of rotatable bonds is 5. The molecular formula is C16H22ClN3O2. The van der Waals surface area contributed by atoms with Crippen LogP contribution in [0.25, 0.3) is 0 Å². The first-order valence-electron chi connectivity index (χ1n) is 7.57. The molecule has 1 heterocycles. The van der Waals surface area contributed by atoms with Gasteiger partial charge in [0.05, 0.1) is 10.7 Å². The second kappa shape index (κ2) is 6.57. The van der Waals surface area contributed by atoms with E-state index in [0.717, 1.165) is 12.8 Å². The molecule has 0 radical (unpaired) electrons. The van der Waals surface area contributed by atoms with Crippen LogP contribution in [-0.4, -0.2) is 30.6 Å². The number of carbonyl (C=O) groups excluding carboxylic acids is 2. The van der Waals surface area contributed by atoms with Gasteiger partial charge in [0, 0.05) is 24.2 Å². The Kier molecular flexibility index (Phi) is 4.96. The molecule has 22 heavy (non-hydrogen) atoms. The fourth-order valence-corrected chi connectivity index (χ4v) is 2.55. The van der Waals surface area contributed by atoms with E-state index in [-0.39, 0.29) is 17.5 Å². The van der Waals surface area contributed by atoms with Crippen LogP contribution in [-0.2, 0) is 0 Å². The molecule has 6 heteroatoms. The van der Waals surface area contributed by atoms with Gasteiger partial charge in [0.2, 0.25) is 0 Å². The fraction of sp³-hybridized carbons (Fsp3) is 0.500. The van der Waals surface area contributed by atoms with Gasteiger partial charge in [0.15, 0.2) is 0 Å². The molecule has 2 N–H and O–H groups in total. The molecule has 0 spiro atoms. The smallest absolute Gasteiger partial charge is 0.322 e. The molecule has 1 aliphatic rings. The quantitative estimate of drug-likeness (QED) is 0.874. The van der Waals surface area contributed by atoms with Crippen molar-refractivity contribution in [1.82, 2.24) is 10.6 Å². The van der Waals surface area contributed by atoms with Crippen molar-refractivity contribution in [2.24, 2.45) is 0 Å². The first-order chi connectivity index (χ1) is 10.4. The number of hydrogen-bond donors (Lipinski definition) is 2. The van der Waals surface area contributed by atoms with Crippen molar-refractivity contribution >= 4 is 29.2 Å². The third-order valence-electron chi connectivity index (χ3n) is 4.33. The van der Waals surface area contributed by atoms with Gasteiger partial charge in [-0.05, 0) is 38.0 Å². The highest BCUT2D eigenvalue weighted by Crippen LogP contribution is 2.28. The zero-order valence-electron chi connectivity index (χ0n) is 13.2. The number of carbonyl (C=O) groups is 2. The summed E-state index contributed by atoms with van der Waals surface area (Å²) >= 11 is 6.18. The van der Waals surface area contributed by atoms with Crippen LogP contribution in [0.15, 0.2) is 18.2 Å². The van der Waals surface area contributed by atoms with E-state index in [0.29, 0.717) is 29.4 Å². The molecule has 0 atom stereocenters. The van der Waals surface area contributed by atoms with Gasteiger partial charge in [-0.2, -0.15) is 0 Å². The van der Waals surface area contributed by atoms with Crippen LogP contribution in [0.1, 0.15) is 44.0 Å². The largest absolute Gasteiger partial charge is 0.347 e. The predicted octanol–water partition coefficient (Wildman–Crippen LogP) is 3.18. The van der Waals surface area contributed by atoms with Crippen LogP contribution in [0, 0.1) is 0 Å². The zero-order chi connectivity index (χ0) is 16.3. The highest BCUT2D eigenvalue weighted by molar-refractivity contribution is 6.34. The summed E-state index contributed by atoms with van der Waals surface area (Å²) < 4.78 is 0. The number of halogens is 1. The molecule has 2 rings (SSSR count). The number of nitrogens with zero attached hydrogens (tertiary/aromatic N) is 1. The molecule has 1 aromatic carbocycles. The third-order valence-corrected chi connectivity index (χ3v) is 4.65. The summed E-state index contributed by atoms with van der Waals surface area (Å²) in [6.45, 7) is 7.24. The minimum atomic E-state index is -0.234. The molecule has 1 aliphatic heterocycles. The van der Waals surface area contributed by atoms with Gasteiger partial charge in [-0.25, -0.2) is 4.79 Å². The van der Waals surface area contributed by atoms with Gasteiger partial charge in [0.1, 0.15) is 0 Å². The SMILES string of the molecule is CCC(C)(CC)NC(=O)c1ccc(Cl)c(N2CCNC2=O)c1. The lowest BCUT2D eigenvalue weighted by molar-refractivity contribution is 0.0901. The molecule has 5 nitrogen and oxygen atoms in total. The molecule has 0 aliphatic carbocycles. The highest BCUT2D eigenvalue weighted by Gasteiger charge is 2.26. The topological polar surface area (TPSA) is 61.4 Å².